The van der Waals surface area contributed by atoms with Crippen LogP contribution in [-0.4, -0.2) is 45.1 Å². The Kier molecular flexibility index (Phi) is 5.54. The number of carbonyl (C=O) groups excluding carboxylic acids is 1. The average Bonchev–Trinajstić information content (AvgIpc) is 2.79. The summed E-state index contributed by atoms with van der Waals surface area (Å²) in [7, 11) is -1.54. The van der Waals surface area contributed by atoms with Gasteiger partial charge in [-0.25, -0.2) is 8.42 Å². The van der Waals surface area contributed by atoms with Gasteiger partial charge >= 0.3 is 0 Å². The summed E-state index contributed by atoms with van der Waals surface area (Å²) in [5.41, 5.74) is 0.305. The van der Waals surface area contributed by atoms with Crippen LogP contribution in [0.5, 0.6) is 11.5 Å². The molecule has 24 heavy (non-hydrogen) atoms. The Morgan fingerprint density at radius 2 is 2.17 bits per heavy atom. The predicted molar refractivity (Wildman–Crippen MR) is 92.2 cm³/mol. The molecule has 1 aliphatic heterocycles. The number of allylic oxidation sites excluding steroid dienone is 1. The first-order chi connectivity index (χ1) is 11.3. The normalized spacial score (nSPS) is 21.9. The van der Waals surface area contributed by atoms with Gasteiger partial charge in [0.05, 0.1) is 24.2 Å². The summed E-state index contributed by atoms with van der Waals surface area (Å²) >= 11 is 0. The highest BCUT2D eigenvalue weighted by Crippen LogP contribution is 2.28. The van der Waals surface area contributed by atoms with Crippen molar-refractivity contribution in [3.8, 4) is 11.5 Å². The monoisotopic (exact) mass is 353 g/mol. The van der Waals surface area contributed by atoms with Crippen LogP contribution < -0.4 is 14.8 Å². The largest absolute Gasteiger partial charge is 0.493 e. The molecular formula is C17H23NO5S. The van der Waals surface area contributed by atoms with E-state index in [0.717, 1.165) is 5.56 Å². The second kappa shape index (κ2) is 7.25. The lowest BCUT2D eigenvalue weighted by molar-refractivity contribution is -0.124. The first kappa shape index (κ1) is 18.3. The summed E-state index contributed by atoms with van der Waals surface area (Å²) in [5, 5.41) is 2.75. The Labute approximate surface area is 142 Å². The van der Waals surface area contributed by atoms with Crippen molar-refractivity contribution in [2.75, 3.05) is 25.2 Å². The van der Waals surface area contributed by atoms with E-state index in [-0.39, 0.29) is 24.0 Å². The molecule has 132 valence electrons. The molecule has 7 heteroatoms. The van der Waals surface area contributed by atoms with E-state index < -0.39 is 15.4 Å². The van der Waals surface area contributed by atoms with E-state index in [4.69, 9.17) is 9.47 Å². The Balaban J connectivity index is 1.95. The lowest BCUT2D eigenvalue weighted by atomic mass is 10.0. The molecule has 1 N–H and O–H groups in total. The van der Waals surface area contributed by atoms with Gasteiger partial charge in [-0.1, -0.05) is 12.1 Å². The van der Waals surface area contributed by atoms with Crippen LogP contribution in [0, 0.1) is 0 Å². The molecular weight excluding hydrogens is 330 g/mol. The standard InChI is InChI=1S/C17H23NO5S/c1-4-5-13-6-7-14(15(10-13)22-3)23-11-16(19)18-17(2)8-9-24(20,21)12-17/h4,6-7,10H,1,5,8-9,11-12H2,2-3H3,(H,18,19). The fourth-order valence-corrected chi connectivity index (χ4v) is 4.84. The number of carbonyl (C=O) groups is 1. The van der Waals surface area contributed by atoms with Crippen molar-refractivity contribution in [1.29, 1.82) is 0 Å². The highest BCUT2D eigenvalue weighted by molar-refractivity contribution is 7.91. The lowest BCUT2D eigenvalue weighted by Gasteiger charge is -2.24. The van der Waals surface area contributed by atoms with Gasteiger partial charge in [0.25, 0.3) is 5.91 Å². The van der Waals surface area contributed by atoms with Crippen LogP contribution in [0.15, 0.2) is 30.9 Å². The number of ether oxygens (including phenoxy) is 2. The molecule has 1 fully saturated rings. The molecule has 1 atom stereocenters. The zero-order valence-electron chi connectivity index (χ0n) is 14.0. The molecule has 0 aromatic heterocycles. The third-order valence-corrected chi connectivity index (χ3v) is 5.81. The molecule has 1 unspecified atom stereocenters. The topological polar surface area (TPSA) is 81.7 Å². The van der Waals surface area contributed by atoms with Crippen LogP contribution in [0.2, 0.25) is 0 Å². The summed E-state index contributed by atoms with van der Waals surface area (Å²) in [6, 6.07) is 5.45. The summed E-state index contributed by atoms with van der Waals surface area (Å²) in [6.45, 7) is 5.23. The first-order valence-corrected chi connectivity index (χ1v) is 9.51. The number of hydrogen-bond acceptors (Lipinski definition) is 5. The predicted octanol–water partition coefficient (Wildman–Crippen LogP) is 1.50. The Hall–Kier alpha value is -2.02. The van der Waals surface area contributed by atoms with Crippen LogP contribution in [0.4, 0.5) is 0 Å². The minimum Gasteiger partial charge on any atom is -0.493 e. The van der Waals surface area contributed by atoms with Crippen molar-refractivity contribution in [3.63, 3.8) is 0 Å². The third kappa shape index (κ3) is 4.74. The van der Waals surface area contributed by atoms with Crippen molar-refractivity contribution in [3.05, 3.63) is 36.4 Å². The maximum Gasteiger partial charge on any atom is 0.258 e. The maximum atomic E-state index is 12.1. The molecule has 1 aliphatic rings. The van der Waals surface area contributed by atoms with E-state index in [1.807, 2.05) is 12.1 Å². The Morgan fingerprint density at radius 1 is 1.42 bits per heavy atom. The number of benzene rings is 1. The van der Waals surface area contributed by atoms with Gasteiger partial charge in [0.15, 0.2) is 27.9 Å². The first-order valence-electron chi connectivity index (χ1n) is 7.69. The molecule has 0 aliphatic carbocycles. The van der Waals surface area contributed by atoms with Gasteiger partial charge in [0.2, 0.25) is 0 Å². The molecule has 0 spiro atoms. The molecule has 1 amide bonds. The van der Waals surface area contributed by atoms with Gasteiger partial charge in [-0.05, 0) is 37.5 Å². The van der Waals surface area contributed by atoms with E-state index in [9.17, 15) is 13.2 Å². The van der Waals surface area contributed by atoms with E-state index in [0.29, 0.717) is 24.3 Å². The van der Waals surface area contributed by atoms with Crippen molar-refractivity contribution in [2.45, 2.75) is 25.3 Å². The summed E-state index contributed by atoms with van der Waals surface area (Å²) < 4.78 is 33.9. The third-order valence-electron chi connectivity index (χ3n) is 3.91. The molecule has 1 aromatic carbocycles. The number of sulfone groups is 1. The zero-order valence-corrected chi connectivity index (χ0v) is 14.8. The highest BCUT2D eigenvalue weighted by atomic mass is 32.2. The van der Waals surface area contributed by atoms with Crippen LogP contribution in [0.1, 0.15) is 18.9 Å². The smallest absolute Gasteiger partial charge is 0.258 e. The van der Waals surface area contributed by atoms with Crippen LogP contribution in [0.3, 0.4) is 0 Å². The second-order valence-electron chi connectivity index (χ2n) is 6.22. The fourth-order valence-electron chi connectivity index (χ4n) is 2.75. The molecule has 6 nitrogen and oxygen atoms in total. The number of hydrogen-bond donors (Lipinski definition) is 1. The molecule has 0 saturated carbocycles. The molecule has 2 rings (SSSR count). The van der Waals surface area contributed by atoms with Gasteiger partial charge in [-0.3, -0.25) is 4.79 Å². The van der Waals surface area contributed by atoms with E-state index >= 15 is 0 Å². The molecule has 1 saturated heterocycles. The quantitative estimate of drug-likeness (QED) is 0.751. The van der Waals surface area contributed by atoms with Crippen LogP contribution >= 0.6 is 0 Å². The fraction of sp³-hybridized carbons (Fsp3) is 0.471. The van der Waals surface area contributed by atoms with Crippen LogP contribution in [0.25, 0.3) is 0 Å². The molecule has 0 bridgehead atoms. The van der Waals surface area contributed by atoms with Crippen LogP contribution in [-0.2, 0) is 21.1 Å². The Bertz CT molecular complexity index is 728. The van der Waals surface area contributed by atoms with Gasteiger partial charge in [0.1, 0.15) is 0 Å². The SMILES string of the molecule is C=CCc1ccc(OCC(=O)NC2(C)CCS(=O)(=O)C2)c(OC)c1. The zero-order chi connectivity index (χ0) is 17.8. The molecule has 1 heterocycles. The lowest BCUT2D eigenvalue weighted by Crippen LogP contribution is -2.48. The maximum absolute atomic E-state index is 12.1. The van der Waals surface area contributed by atoms with Crippen molar-refractivity contribution in [2.24, 2.45) is 0 Å². The second-order valence-corrected chi connectivity index (χ2v) is 8.40. The van der Waals surface area contributed by atoms with E-state index in [1.54, 1.807) is 19.1 Å². The van der Waals surface area contributed by atoms with Crippen molar-refractivity contribution < 1.29 is 22.7 Å². The average molecular weight is 353 g/mol. The van der Waals surface area contributed by atoms with Gasteiger partial charge < -0.3 is 14.8 Å². The minimum atomic E-state index is -3.07. The van der Waals surface area contributed by atoms with E-state index in [1.165, 1.54) is 7.11 Å². The summed E-state index contributed by atoms with van der Waals surface area (Å²) in [4.78, 5) is 12.1. The van der Waals surface area contributed by atoms with Gasteiger partial charge in [0, 0.05) is 0 Å². The Morgan fingerprint density at radius 3 is 2.75 bits per heavy atom. The van der Waals surface area contributed by atoms with Gasteiger partial charge in [-0.2, -0.15) is 0 Å². The summed E-state index contributed by atoms with van der Waals surface area (Å²) in [5.74, 6) is 0.711. The number of methoxy groups -OCH3 is 1. The summed E-state index contributed by atoms with van der Waals surface area (Å²) in [6.07, 6.45) is 2.92. The molecule has 1 aromatic rings. The van der Waals surface area contributed by atoms with Gasteiger partial charge in [-0.15, -0.1) is 6.58 Å². The van der Waals surface area contributed by atoms with Crippen molar-refractivity contribution >= 4 is 15.7 Å². The highest BCUT2D eigenvalue weighted by Gasteiger charge is 2.39. The number of nitrogens with one attached hydrogen (secondary N) is 1. The molecule has 0 radical (unpaired) electrons. The van der Waals surface area contributed by atoms with E-state index in [2.05, 4.69) is 11.9 Å². The minimum absolute atomic E-state index is 0.0364. The van der Waals surface area contributed by atoms with Crippen molar-refractivity contribution in [1.82, 2.24) is 5.32 Å². The number of rotatable bonds is 7. The number of amides is 1.